The minimum atomic E-state index is -4.57. The van der Waals surface area contributed by atoms with Crippen LogP contribution in [0.3, 0.4) is 0 Å². The van der Waals surface area contributed by atoms with Gasteiger partial charge in [0.15, 0.2) is 5.69 Å². The van der Waals surface area contributed by atoms with E-state index in [4.69, 9.17) is 4.74 Å². The maximum atomic E-state index is 13.0. The monoisotopic (exact) mass is 426 g/mol. The third-order valence-corrected chi connectivity index (χ3v) is 4.73. The number of hydrogen-bond acceptors (Lipinski definition) is 5. The molecule has 1 N–H and O–H groups in total. The number of nitro benzene ring substituents is 1. The van der Waals surface area contributed by atoms with Gasteiger partial charge in [-0.25, -0.2) is 0 Å². The average molecular weight is 426 g/mol. The SMILES string of the molecule is CCOc1ccc(NC(=O)C(C)Cn2nc(C(F)(F)F)cc2C2CC2)c([N+](=O)[O-])c1. The van der Waals surface area contributed by atoms with E-state index in [0.29, 0.717) is 18.1 Å². The van der Waals surface area contributed by atoms with Crippen molar-refractivity contribution >= 4 is 17.3 Å². The quantitative estimate of drug-likeness (QED) is 0.499. The molecule has 11 heteroatoms. The molecule has 1 unspecified atom stereocenters. The molecule has 1 amide bonds. The lowest BCUT2D eigenvalue weighted by Gasteiger charge is -2.15. The van der Waals surface area contributed by atoms with E-state index in [0.717, 1.165) is 18.9 Å². The first kappa shape index (κ1) is 21.6. The maximum Gasteiger partial charge on any atom is 0.435 e. The van der Waals surface area contributed by atoms with Gasteiger partial charge in [-0.15, -0.1) is 0 Å². The summed E-state index contributed by atoms with van der Waals surface area (Å²) >= 11 is 0. The van der Waals surface area contributed by atoms with Crippen molar-refractivity contribution < 1.29 is 27.6 Å². The molecule has 1 atom stereocenters. The fraction of sp³-hybridized carbons (Fsp3) is 0.474. The highest BCUT2D eigenvalue weighted by Crippen LogP contribution is 2.42. The summed E-state index contributed by atoms with van der Waals surface area (Å²) in [7, 11) is 0. The Labute approximate surface area is 170 Å². The Hall–Kier alpha value is -3.11. The smallest absolute Gasteiger partial charge is 0.435 e. The number of carbonyl (C=O) groups is 1. The molecule has 1 heterocycles. The maximum absolute atomic E-state index is 13.0. The molecule has 1 aromatic heterocycles. The third-order valence-electron chi connectivity index (χ3n) is 4.73. The summed E-state index contributed by atoms with van der Waals surface area (Å²) in [6, 6.07) is 5.09. The molecule has 0 radical (unpaired) electrons. The molecule has 0 bridgehead atoms. The Morgan fingerprint density at radius 3 is 2.67 bits per heavy atom. The van der Waals surface area contributed by atoms with Crippen LogP contribution < -0.4 is 10.1 Å². The number of alkyl halides is 3. The van der Waals surface area contributed by atoms with Crippen molar-refractivity contribution in [3.63, 3.8) is 0 Å². The van der Waals surface area contributed by atoms with Crippen LogP contribution in [0, 0.1) is 16.0 Å². The minimum absolute atomic E-state index is 0.0102. The molecule has 3 rings (SSSR count). The molecule has 1 saturated carbocycles. The number of carbonyl (C=O) groups excluding carboxylic acids is 1. The number of benzene rings is 1. The second kappa shape index (κ2) is 8.33. The van der Waals surface area contributed by atoms with Crippen molar-refractivity contribution in [2.75, 3.05) is 11.9 Å². The first-order valence-electron chi connectivity index (χ1n) is 9.47. The Bertz CT molecular complexity index is 954. The van der Waals surface area contributed by atoms with Crippen molar-refractivity contribution in [1.29, 1.82) is 0 Å². The van der Waals surface area contributed by atoms with Gasteiger partial charge in [0.1, 0.15) is 11.4 Å². The fourth-order valence-corrected chi connectivity index (χ4v) is 3.05. The molecule has 1 aliphatic rings. The van der Waals surface area contributed by atoms with E-state index in [1.54, 1.807) is 6.92 Å². The summed E-state index contributed by atoms with van der Waals surface area (Å²) < 4.78 is 45.5. The number of aromatic nitrogens is 2. The summed E-state index contributed by atoms with van der Waals surface area (Å²) in [6.45, 7) is 3.52. The van der Waals surface area contributed by atoms with Crippen LogP contribution in [0.1, 0.15) is 44.0 Å². The normalized spacial score (nSPS) is 15.0. The van der Waals surface area contributed by atoms with E-state index < -0.39 is 28.6 Å². The molecular formula is C19H21F3N4O4. The Balaban J connectivity index is 1.76. The zero-order valence-corrected chi connectivity index (χ0v) is 16.4. The van der Waals surface area contributed by atoms with Crippen molar-refractivity contribution in [3.8, 4) is 5.75 Å². The van der Waals surface area contributed by atoms with Gasteiger partial charge in [-0.2, -0.15) is 18.3 Å². The highest BCUT2D eigenvalue weighted by atomic mass is 19.4. The number of nitrogens with one attached hydrogen (secondary N) is 1. The van der Waals surface area contributed by atoms with Crippen LogP contribution >= 0.6 is 0 Å². The van der Waals surface area contributed by atoms with Gasteiger partial charge in [0.2, 0.25) is 5.91 Å². The Morgan fingerprint density at radius 1 is 1.40 bits per heavy atom. The lowest BCUT2D eigenvalue weighted by atomic mass is 10.1. The first-order chi connectivity index (χ1) is 14.1. The largest absolute Gasteiger partial charge is 0.494 e. The van der Waals surface area contributed by atoms with Crippen LogP contribution in [0.15, 0.2) is 24.3 Å². The zero-order valence-electron chi connectivity index (χ0n) is 16.4. The highest BCUT2D eigenvalue weighted by molar-refractivity contribution is 5.94. The Morgan fingerprint density at radius 2 is 2.10 bits per heavy atom. The molecule has 1 aliphatic carbocycles. The van der Waals surface area contributed by atoms with E-state index in [1.807, 2.05) is 0 Å². The van der Waals surface area contributed by atoms with Crippen molar-refractivity contribution in [2.45, 2.75) is 45.3 Å². The van der Waals surface area contributed by atoms with Crippen LogP contribution in [0.25, 0.3) is 0 Å². The lowest BCUT2D eigenvalue weighted by Crippen LogP contribution is -2.26. The molecule has 1 fully saturated rings. The molecule has 8 nitrogen and oxygen atoms in total. The molecular weight excluding hydrogens is 405 g/mol. The second-order valence-electron chi connectivity index (χ2n) is 7.17. The van der Waals surface area contributed by atoms with E-state index in [1.165, 1.54) is 29.8 Å². The summed E-state index contributed by atoms with van der Waals surface area (Å²) in [5, 5.41) is 17.4. The number of nitro groups is 1. The minimum Gasteiger partial charge on any atom is -0.494 e. The zero-order chi connectivity index (χ0) is 22.1. The summed E-state index contributed by atoms with van der Waals surface area (Å²) in [6.07, 6.45) is -3.01. The number of anilines is 1. The van der Waals surface area contributed by atoms with Gasteiger partial charge >= 0.3 is 6.18 Å². The third kappa shape index (κ3) is 4.89. The molecule has 0 spiro atoms. The second-order valence-corrected chi connectivity index (χ2v) is 7.17. The molecule has 2 aromatic rings. The van der Waals surface area contributed by atoms with Crippen LogP contribution in [0.4, 0.5) is 24.5 Å². The lowest BCUT2D eigenvalue weighted by molar-refractivity contribution is -0.384. The van der Waals surface area contributed by atoms with Gasteiger partial charge in [-0.05, 0) is 38.0 Å². The molecule has 0 saturated heterocycles. The van der Waals surface area contributed by atoms with E-state index in [9.17, 15) is 28.1 Å². The van der Waals surface area contributed by atoms with Crippen molar-refractivity contribution in [2.24, 2.45) is 5.92 Å². The van der Waals surface area contributed by atoms with E-state index in [-0.39, 0.29) is 23.8 Å². The van der Waals surface area contributed by atoms with Crippen molar-refractivity contribution in [1.82, 2.24) is 9.78 Å². The fourth-order valence-electron chi connectivity index (χ4n) is 3.05. The van der Waals surface area contributed by atoms with Gasteiger partial charge in [-0.1, -0.05) is 6.92 Å². The summed E-state index contributed by atoms with van der Waals surface area (Å²) in [5.41, 5.74) is -0.883. The van der Waals surface area contributed by atoms with E-state index >= 15 is 0 Å². The van der Waals surface area contributed by atoms with E-state index in [2.05, 4.69) is 10.4 Å². The number of halogens is 3. The predicted molar refractivity (Wildman–Crippen MR) is 101 cm³/mol. The average Bonchev–Trinajstić information content (AvgIpc) is 3.42. The molecule has 0 aliphatic heterocycles. The first-order valence-corrected chi connectivity index (χ1v) is 9.47. The van der Waals surface area contributed by atoms with Gasteiger partial charge in [-0.3, -0.25) is 19.6 Å². The number of rotatable bonds is 8. The van der Waals surface area contributed by atoms with Gasteiger partial charge in [0, 0.05) is 11.6 Å². The van der Waals surface area contributed by atoms with Crippen LogP contribution in [0.2, 0.25) is 0 Å². The topological polar surface area (TPSA) is 99.3 Å². The van der Waals surface area contributed by atoms with Gasteiger partial charge in [0.05, 0.1) is 30.1 Å². The molecule has 30 heavy (non-hydrogen) atoms. The van der Waals surface area contributed by atoms with Crippen molar-refractivity contribution in [3.05, 3.63) is 45.8 Å². The van der Waals surface area contributed by atoms with Gasteiger partial charge in [0.25, 0.3) is 5.69 Å². The number of hydrogen-bond donors (Lipinski definition) is 1. The van der Waals surface area contributed by atoms with Gasteiger partial charge < -0.3 is 10.1 Å². The number of ether oxygens (including phenoxy) is 1. The number of nitrogens with zero attached hydrogens (tertiary/aromatic N) is 3. The molecule has 162 valence electrons. The summed E-state index contributed by atoms with van der Waals surface area (Å²) in [5.74, 6) is -1.03. The standard InChI is InChI=1S/C19H21F3N4O4/c1-3-30-13-6-7-14(16(8-13)26(28)29)23-18(27)11(2)10-25-15(12-4-5-12)9-17(24-25)19(20,21)22/h6-9,11-12H,3-5,10H2,1-2H3,(H,23,27). The predicted octanol–water partition coefficient (Wildman–Crippen LogP) is 4.36. The highest BCUT2D eigenvalue weighted by Gasteiger charge is 2.38. The molecule has 1 aromatic carbocycles. The van der Waals surface area contributed by atoms with Crippen LogP contribution in [-0.2, 0) is 17.5 Å². The Kier molecular flexibility index (Phi) is 5.99. The van der Waals surface area contributed by atoms with Crippen LogP contribution in [0.5, 0.6) is 5.75 Å². The summed E-state index contributed by atoms with van der Waals surface area (Å²) in [4.78, 5) is 23.3. The number of amides is 1. The van der Waals surface area contributed by atoms with Crippen LogP contribution in [-0.4, -0.2) is 27.2 Å².